The third-order valence-electron chi connectivity index (χ3n) is 5.54. The molecule has 2 atom stereocenters. The summed E-state index contributed by atoms with van der Waals surface area (Å²) in [5, 5.41) is 10.2. The van der Waals surface area contributed by atoms with Crippen LogP contribution >= 0.6 is 12.2 Å². The standard InChI is InChI=1S/C18H24N4OS/c23-17-16-15(7-10-20-16)22(18(24)21-17)11-13-3-1-2-4-14(13)12-5-8-19-9-6-12/h1-4,12,15-16,19-20H,5-11H2,(H,21,23,24). The monoisotopic (exact) mass is 344 g/mol. The number of hydrogen-bond donors (Lipinski definition) is 3. The first-order chi connectivity index (χ1) is 11.7. The van der Waals surface area contributed by atoms with E-state index in [0.717, 1.165) is 32.6 Å². The molecule has 3 heterocycles. The van der Waals surface area contributed by atoms with Gasteiger partial charge in [0.2, 0.25) is 5.91 Å². The van der Waals surface area contributed by atoms with Gasteiger partial charge >= 0.3 is 0 Å². The first-order valence-electron chi connectivity index (χ1n) is 8.87. The molecule has 1 amide bonds. The third kappa shape index (κ3) is 2.94. The van der Waals surface area contributed by atoms with E-state index in [0.29, 0.717) is 11.0 Å². The summed E-state index contributed by atoms with van der Waals surface area (Å²) >= 11 is 5.48. The van der Waals surface area contributed by atoms with Crippen molar-refractivity contribution in [3.05, 3.63) is 35.4 Å². The zero-order chi connectivity index (χ0) is 16.5. The Morgan fingerprint density at radius 1 is 1.12 bits per heavy atom. The fourth-order valence-corrected chi connectivity index (χ4v) is 4.58. The van der Waals surface area contributed by atoms with Crippen LogP contribution in [-0.4, -0.2) is 47.6 Å². The summed E-state index contributed by atoms with van der Waals surface area (Å²) in [4.78, 5) is 14.3. The maximum absolute atomic E-state index is 12.1. The van der Waals surface area contributed by atoms with Crippen LogP contribution in [0.3, 0.4) is 0 Å². The molecule has 0 bridgehead atoms. The van der Waals surface area contributed by atoms with Crippen molar-refractivity contribution >= 4 is 23.2 Å². The number of nitrogens with zero attached hydrogens (tertiary/aromatic N) is 1. The molecule has 128 valence electrons. The lowest BCUT2D eigenvalue weighted by molar-refractivity contribution is -0.123. The molecule has 3 fully saturated rings. The molecule has 5 nitrogen and oxygen atoms in total. The van der Waals surface area contributed by atoms with Crippen LogP contribution in [0.5, 0.6) is 0 Å². The molecule has 1 aromatic carbocycles. The Morgan fingerprint density at radius 3 is 2.75 bits per heavy atom. The van der Waals surface area contributed by atoms with Crippen molar-refractivity contribution in [3.63, 3.8) is 0 Å². The lowest BCUT2D eigenvalue weighted by atomic mass is 9.87. The van der Waals surface area contributed by atoms with E-state index in [1.807, 2.05) is 0 Å². The number of fused-ring (bicyclic) bond motifs is 1. The highest BCUT2D eigenvalue weighted by Gasteiger charge is 2.42. The van der Waals surface area contributed by atoms with Crippen LogP contribution < -0.4 is 16.0 Å². The predicted molar refractivity (Wildman–Crippen MR) is 97.8 cm³/mol. The Labute approximate surface area is 148 Å². The summed E-state index contributed by atoms with van der Waals surface area (Å²) in [6.07, 6.45) is 3.34. The highest BCUT2D eigenvalue weighted by molar-refractivity contribution is 7.80. The van der Waals surface area contributed by atoms with Crippen molar-refractivity contribution in [2.75, 3.05) is 19.6 Å². The first-order valence-corrected chi connectivity index (χ1v) is 9.28. The predicted octanol–water partition coefficient (Wildman–Crippen LogP) is 1.10. The summed E-state index contributed by atoms with van der Waals surface area (Å²) in [7, 11) is 0. The van der Waals surface area contributed by atoms with Crippen LogP contribution in [0.15, 0.2) is 24.3 Å². The number of rotatable bonds is 3. The number of benzene rings is 1. The summed E-state index contributed by atoms with van der Waals surface area (Å²) < 4.78 is 0. The molecule has 3 aliphatic heterocycles. The number of amides is 1. The van der Waals surface area contributed by atoms with E-state index >= 15 is 0 Å². The Hall–Kier alpha value is -1.50. The van der Waals surface area contributed by atoms with Crippen LogP contribution in [0.4, 0.5) is 0 Å². The number of thiocarbonyl (C=S) groups is 1. The zero-order valence-electron chi connectivity index (χ0n) is 13.8. The van der Waals surface area contributed by atoms with Crippen LogP contribution in [0.25, 0.3) is 0 Å². The number of carbonyl (C=O) groups excluding carboxylic acids is 1. The van der Waals surface area contributed by atoms with Crippen molar-refractivity contribution in [3.8, 4) is 0 Å². The van der Waals surface area contributed by atoms with Crippen LogP contribution in [0, 0.1) is 0 Å². The average Bonchev–Trinajstić information content (AvgIpc) is 3.10. The molecule has 6 heteroatoms. The van der Waals surface area contributed by atoms with Crippen molar-refractivity contribution in [1.82, 2.24) is 20.9 Å². The van der Waals surface area contributed by atoms with Gasteiger partial charge in [-0.1, -0.05) is 24.3 Å². The van der Waals surface area contributed by atoms with Gasteiger partial charge in [-0.25, -0.2) is 0 Å². The second kappa shape index (κ2) is 6.78. The summed E-state index contributed by atoms with van der Waals surface area (Å²) in [6, 6.07) is 8.76. The van der Waals surface area contributed by atoms with Crippen LogP contribution in [0.1, 0.15) is 36.3 Å². The van der Waals surface area contributed by atoms with Crippen molar-refractivity contribution < 1.29 is 4.79 Å². The van der Waals surface area contributed by atoms with Crippen molar-refractivity contribution in [2.24, 2.45) is 0 Å². The Morgan fingerprint density at radius 2 is 1.92 bits per heavy atom. The van der Waals surface area contributed by atoms with Crippen LogP contribution in [-0.2, 0) is 11.3 Å². The maximum Gasteiger partial charge on any atom is 0.245 e. The van der Waals surface area contributed by atoms with Gasteiger partial charge in [0.15, 0.2) is 5.11 Å². The van der Waals surface area contributed by atoms with Gasteiger partial charge in [-0.05, 0) is 68.2 Å². The SMILES string of the molecule is O=C1NC(=S)N(Cc2ccccc2C2CCNCC2)C2CCNC12. The van der Waals surface area contributed by atoms with Gasteiger partial charge in [0.25, 0.3) is 0 Å². The van der Waals surface area contributed by atoms with Crippen molar-refractivity contribution in [1.29, 1.82) is 0 Å². The van der Waals surface area contributed by atoms with E-state index in [1.165, 1.54) is 24.0 Å². The zero-order valence-corrected chi connectivity index (χ0v) is 14.6. The topological polar surface area (TPSA) is 56.4 Å². The van der Waals surface area contributed by atoms with Gasteiger partial charge < -0.3 is 20.9 Å². The van der Waals surface area contributed by atoms with Crippen molar-refractivity contribution in [2.45, 2.75) is 43.8 Å². The second-order valence-corrected chi connectivity index (χ2v) is 7.32. The highest BCUT2D eigenvalue weighted by Crippen LogP contribution is 2.30. The minimum absolute atomic E-state index is 0.0189. The third-order valence-corrected chi connectivity index (χ3v) is 5.87. The number of piperidine rings is 1. The molecule has 2 unspecified atom stereocenters. The largest absolute Gasteiger partial charge is 0.339 e. The smallest absolute Gasteiger partial charge is 0.245 e. The average molecular weight is 344 g/mol. The normalized spacial score (nSPS) is 27.9. The fraction of sp³-hybridized carbons (Fsp3) is 0.556. The van der Waals surface area contributed by atoms with E-state index in [1.54, 1.807) is 0 Å². The molecule has 0 spiro atoms. The maximum atomic E-state index is 12.1. The molecule has 0 radical (unpaired) electrons. The van der Waals surface area contributed by atoms with Gasteiger partial charge in [0, 0.05) is 6.54 Å². The molecule has 3 N–H and O–H groups in total. The van der Waals surface area contributed by atoms with E-state index < -0.39 is 0 Å². The molecule has 0 saturated carbocycles. The Bertz CT molecular complexity index is 644. The molecule has 0 aromatic heterocycles. The summed E-state index contributed by atoms with van der Waals surface area (Å²) in [6.45, 7) is 3.83. The first kappa shape index (κ1) is 16.0. The lowest BCUT2D eigenvalue weighted by Crippen LogP contribution is -2.63. The van der Waals surface area contributed by atoms with Gasteiger partial charge in [0.05, 0.1) is 6.04 Å². The number of carbonyl (C=O) groups is 1. The van der Waals surface area contributed by atoms with E-state index in [2.05, 4.69) is 45.1 Å². The van der Waals surface area contributed by atoms with Gasteiger partial charge in [-0.15, -0.1) is 0 Å². The quantitative estimate of drug-likeness (QED) is 0.717. The molecular weight excluding hydrogens is 320 g/mol. The van der Waals surface area contributed by atoms with Gasteiger partial charge in [-0.3, -0.25) is 4.79 Å². The Kier molecular flexibility index (Phi) is 4.52. The molecule has 0 aliphatic carbocycles. The summed E-state index contributed by atoms with van der Waals surface area (Å²) in [5.41, 5.74) is 2.79. The summed E-state index contributed by atoms with van der Waals surface area (Å²) in [5.74, 6) is 0.637. The minimum atomic E-state index is -0.136. The molecule has 4 rings (SSSR count). The van der Waals surface area contributed by atoms with E-state index in [4.69, 9.17) is 12.2 Å². The van der Waals surface area contributed by atoms with Crippen LogP contribution in [0.2, 0.25) is 0 Å². The molecule has 24 heavy (non-hydrogen) atoms. The lowest BCUT2D eigenvalue weighted by Gasteiger charge is -2.39. The molecule has 3 aliphatic rings. The fourth-order valence-electron chi connectivity index (χ4n) is 4.28. The van der Waals surface area contributed by atoms with E-state index in [9.17, 15) is 4.79 Å². The molecule has 3 saturated heterocycles. The minimum Gasteiger partial charge on any atom is -0.339 e. The van der Waals surface area contributed by atoms with Gasteiger partial charge in [-0.2, -0.15) is 0 Å². The number of nitrogens with one attached hydrogen (secondary N) is 3. The van der Waals surface area contributed by atoms with E-state index in [-0.39, 0.29) is 18.0 Å². The number of hydrogen-bond acceptors (Lipinski definition) is 4. The second-order valence-electron chi connectivity index (χ2n) is 6.93. The molecular formula is C18H24N4OS. The Balaban J connectivity index is 1.58. The van der Waals surface area contributed by atoms with Gasteiger partial charge in [0.1, 0.15) is 6.04 Å². The highest BCUT2D eigenvalue weighted by atomic mass is 32.1. The molecule has 1 aromatic rings.